The molecule has 0 spiro atoms. The fourth-order valence-electron chi connectivity index (χ4n) is 4.04. The summed E-state index contributed by atoms with van der Waals surface area (Å²) in [5.74, 6) is -0.0644. The van der Waals surface area contributed by atoms with Crippen molar-refractivity contribution in [2.45, 2.75) is 13.5 Å². The van der Waals surface area contributed by atoms with Crippen LogP contribution in [0.25, 0.3) is 10.9 Å². The van der Waals surface area contributed by atoms with Gasteiger partial charge in [-0.3, -0.25) is 9.59 Å². The number of fused-ring (bicyclic) bond motifs is 1. The zero-order valence-corrected chi connectivity index (χ0v) is 21.4. The molecule has 37 heavy (non-hydrogen) atoms. The molecule has 0 atom stereocenters. The fraction of sp³-hybridized carbons (Fsp3) is 0.207. The zero-order valence-electron chi connectivity index (χ0n) is 21.4. The van der Waals surface area contributed by atoms with Crippen molar-refractivity contribution in [3.63, 3.8) is 0 Å². The van der Waals surface area contributed by atoms with Crippen molar-refractivity contribution in [3.8, 4) is 5.88 Å². The monoisotopic (exact) mass is 497 g/mol. The minimum absolute atomic E-state index is 0.00925. The molecule has 0 aliphatic carbocycles. The average molecular weight is 498 g/mol. The molecule has 4 aromatic rings. The quantitative estimate of drug-likeness (QED) is 0.318. The summed E-state index contributed by atoms with van der Waals surface area (Å²) in [4.78, 5) is 35.1. The third-order valence-electron chi connectivity index (χ3n) is 6.00. The minimum atomic E-state index is -0.0902. The van der Waals surface area contributed by atoms with E-state index in [9.17, 15) is 14.7 Å². The number of nitrogens with one attached hydrogen (secondary N) is 2. The lowest BCUT2D eigenvalue weighted by atomic mass is 9.99. The van der Waals surface area contributed by atoms with E-state index in [0.29, 0.717) is 30.1 Å². The van der Waals surface area contributed by atoms with Gasteiger partial charge in [0.25, 0.3) is 0 Å². The van der Waals surface area contributed by atoms with Crippen LogP contribution in [0.3, 0.4) is 0 Å². The summed E-state index contributed by atoms with van der Waals surface area (Å²) >= 11 is 0. The molecule has 8 heteroatoms. The van der Waals surface area contributed by atoms with E-state index in [0.717, 1.165) is 27.7 Å². The molecule has 2 amide bonds. The van der Waals surface area contributed by atoms with E-state index in [2.05, 4.69) is 10.3 Å². The summed E-state index contributed by atoms with van der Waals surface area (Å²) in [6.45, 7) is 2.24. The van der Waals surface area contributed by atoms with Gasteiger partial charge in [-0.2, -0.15) is 0 Å². The number of anilines is 1. The molecule has 0 aliphatic rings. The number of carbonyl (C=O) groups is 2. The Morgan fingerprint density at radius 1 is 0.946 bits per heavy atom. The van der Waals surface area contributed by atoms with E-state index < -0.39 is 0 Å². The normalized spacial score (nSPS) is 11.6. The highest BCUT2D eigenvalue weighted by Gasteiger charge is 2.19. The number of aromatic amines is 1. The number of hydrogen-bond acceptors (Lipinski definition) is 5. The van der Waals surface area contributed by atoms with E-state index in [-0.39, 0.29) is 17.7 Å². The van der Waals surface area contributed by atoms with Crippen LogP contribution in [0.1, 0.15) is 23.6 Å². The van der Waals surface area contributed by atoms with Gasteiger partial charge < -0.3 is 25.2 Å². The van der Waals surface area contributed by atoms with Crippen LogP contribution in [0.15, 0.2) is 77.8 Å². The third-order valence-corrected chi connectivity index (χ3v) is 6.00. The predicted molar refractivity (Wildman–Crippen MR) is 148 cm³/mol. The van der Waals surface area contributed by atoms with E-state index >= 15 is 0 Å². The molecule has 0 fully saturated rings. The van der Waals surface area contributed by atoms with Crippen molar-refractivity contribution in [3.05, 3.63) is 89.5 Å². The summed E-state index contributed by atoms with van der Waals surface area (Å²) in [5.41, 5.74) is 5.23. The Balaban J connectivity index is 1.73. The van der Waals surface area contributed by atoms with Gasteiger partial charge in [0.2, 0.25) is 11.8 Å². The molecule has 0 aliphatic heterocycles. The van der Waals surface area contributed by atoms with Crippen LogP contribution >= 0.6 is 0 Å². The Hall–Kier alpha value is -4.43. The molecule has 1 aromatic heterocycles. The van der Waals surface area contributed by atoms with Crippen molar-refractivity contribution >= 4 is 39.8 Å². The fourth-order valence-corrected chi connectivity index (χ4v) is 4.04. The predicted octanol–water partition coefficient (Wildman–Crippen LogP) is 4.20. The molecule has 3 aromatic carbocycles. The van der Waals surface area contributed by atoms with E-state index in [1.807, 2.05) is 91.8 Å². The minimum Gasteiger partial charge on any atom is -0.494 e. The van der Waals surface area contributed by atoms with Crippen LogP contribution in [0, 0.1) is 0 Å². The van der Waals surface area contributed by atoms with Crippen LogP contribution in [0.5, 0.6) is 5.88 Å². The number of carbonyl (C=O) groups excluding carboxylic acids is 2. The summed E-state index contributed by atoms with van der Waals surface area (Å²) in [6, 6.07) is 22.8. The van der Waals surface area contributed by atoms with Gasteiger partial charge in [0.05, 0.1) is 23.5 Å². The van der Waals surface area contributed by atoms with Crippen LogP contribution in [0.4, 0.5) is 11.4 Å². The van der Waals surface area contributed by atoms with E-state index in [1.165, 1.54) is 6.92 Å². The first-order chi connectivity index (χ1) is 17.7. The van der Waals surface area contributed by atoms with Crippen molar-refractivity contribution < 1.29 is 14.7 Å². The van der Waals surface area contributed by atoms with Crippen molar-refractivity contribution in [2.24, 2.45) is 4.99 Å². The number of nitrogens with zero attached hydrogens (tertiary/aromatic N) is 3. The SMILES string of the molecule is CC(=O)NCc1ccc(C(=Nc2ccc(N(C)C(=O)CN(C)C)cc2)c2c(O)[nH]c3ccccc23)cc1. The second-order valence-electron chi connectivity index (χ2n) is 9.17. The average Bonchev–Trinajstić information content (AvgIpc) is 3.21. The Morgan fingerprint density at radius 2 is 1.62 bits per heavy atom. The molecule has 0 bridgehead atoms. The number of aromatic hydroxyl groups is 1. The van der Waals surface area contributed by atoms with Gasteiger partial charge in [0, 0.05) is 42.7 Å². The van der Waals surface area contributed by atoms with Gasteiger partial charge in [-0.1, -0.05) is 42.5 Å². The lowest BCUT2D eigenvalue weighted by Gasteiger charge is -2.19. The highest BCUT2D eigenvalue weighted by molar-refractivity contribution is 6.21. The number of likely N-dealkylation sites (N-methyl/N-ethyl adjacent to an activating group) is 2. The second kappa shape index (κ2) is 11.1. The molecular formula is C29H31N5O3. The first kappa shape index (κ1) is 25.7. The topological polar surface area (TPSA) is 101 Å². The maximum atomic E-state index is 12.4. The zero-order chi connectivity index (χ0) is 26.5. The smallest absolute Gasteiger partial charge is 0.240 e. The van der Waals surface area contributed by atoms with Crippen LogP contribution in [0.2, 0.25) is 0 Å². The number of benzene rings is 3. The Labute approximate surface area is 216 Å². The lowest BCUT2D eigenvalue weighted by molar-refractivity contribution is -0.119. The highest BCUT2D eigenvalue weighted by Crippen LogP contribution is 2.32. The number of rotatable bonds is 8. The van der Waals surface area contributed by atoms with Gasteiger partial charge in [-0.25, -0.2) is 4.99 Å². The van der Waals surface area contributed by atoms with Crippen molar-refractivity contribution in [2.75, 3.05) is 32.6 Å². The largest absolute Gasteiger partial charge is 0.494 e. The molecular weight excluding hydrogens is 466 g/mol. The number of amides is 2. The van der Waals surface area contributed by atoms with Crippen molar-refractivity contribution in [1.82, 2.24) is 15.2 Å². The first-order valence-corrected chi connectivity index (χ1v) is 12.0. The molecule has 0 saturated carbocycles. The molecule has 1 heterocycles. The first-order valence-electron chi connectivity index (χ1n) is 12.0. The summed E-state index contributed by atoms with van der Waals surface area (Å²) in [7, 11) is 5.47. The molecule has 0 unspecified atom stereocenters. The molecule has 190 valence electrons. The molecule has 0 saturated heterocycles. The summed E-state index contributed by atoms with van der Waals surface area (Å²) < 4.78 is 0. The number of aromatic nitrogens is 1. The maximum absolute atomic E-state index is 12.4. The van der Waals surface area contributed by atoms with Crippen LogP contribution < -0.4 is 10.2 Å². The molecule has 3 N–H and O–H groups in total. The number of para-hydroxylation sites is 1. The van der Waals surface area contributed by atoms with Crippen LogP contribution in [-0.4, -0.2) is 60.2 Å². The Morgan fingerprint density at radius 3 is 2.27 bits per heavy atom. The molecule has 0 radical (unpaired) electrons. The maximum Gasteiger partial charge on any atom is 0.240 e. The lowest BCUT2D eigenvalue weighted by Crippen LogP contribution is -2.34. The Bertz CT molecular complexity index is 1440. The number of aliphatic imine (C=N–C) groups is 1. The molecule has 4 rings (SSSR count). The number of H-pyrrole nitrogens is 1. The molecule has 8 nitrogen and oxygen atoms in total. The van der Waals surface area contributed by atoms with Gasteiger partial charge in [0.15, 0.2) is 5.88 Å². The van der Waals surface area contributed by atoms with Crippen molar-refractivity contribution in [1.29, 1.82) is 0 Å². The van der Waals surface area contributed by atoms with Gasteiger partial charge in [0.1, 0.15) is 0 Å². The highest BCUT2D eigenvalue weighted by atomic mass is 16.3. The summed E-state index contributed by atoms with van der Waals surface area (Å²) in [6.07, 6.45) is 0. The third kappa shape index (κ3) is 6.05. The Kier molecular flexibility index (Phi) is 7.69. The van der Waals surface area contributed by atoms with Gasteiger partial charge in [-0.05, 0) is 50.0 Å². The standard InChI is InChI=1S/C29H31N5O3/c1-19(35)30-17-20-9-11-21(12-10-20)28(27-24-7-5-6-8-25(24)32-29(27)37)31-22-13-15-23(16-14-22)34(4)26(36)18-33(2)3/h5-16,32,37H,17-18H2,1-4H3,(H,30,35). The van der Waals surface area contributed by atoms with Gasteiger partial charge in [-0.15, -0.1) is 0 Å². The number of hydrogen-bond donors (Lipinski definition) is 3. The van der Waals surface area contributed by atoms with E-state index in [1.54, 1.807) is 11.9 Å². The van der Waals surface area contributed by atoms with E-state index in [4.69, 9.17) is 4.99 Å². The second-order valence-corrected chi connectivity index (χ2v) is 9.17. The van der Waals surface area contributed by atoms with Gasteiger partial charge >= 0.3 is 0 Å². The van der Waals surface area contributed by atoms with Crippen LogP contribution in [-0.2, 0) is 16.1 Å². The summed E-state index contributed by atoms with van der Waals surface area (Å²) in [5, 5.41) is 14.5.